The van der Waals surface area contributed by atoms with Gasteiger partial charge in [0.1, 0.15) is 44.1 Å². The molecule has 0 radical (unpaired) electrons. The molecule has 4 fully saturated rings. The number of methoxy groups -OCH3 is 6. The highest BCUT2D eigenvalue weighted by molar-refractivity contribution is 7.11. The SMILES string of the molecule is COC(=O)C[C@](O)(CCCC(C)(C)OC(=O)C1CC1)C(=O)O[C@@H]1C(OC)=C[C@]23CCCN2CCc2cc4c(cc2[C@H]13)OCO4.COC(=O)C[C@](O)(CCCC(C)(C)OC(=O)c1cccnc1Cl)C(=O)O[C@@H]1C(OC)=C[C@]23CCCN2CCc2cc4c(cc2[C@H]13)OCO4.COC(=O)C[C@](O)(CCCC(C)(C)OC(=O)c1scnc1C)C(=O)O[C@@H]1C(OC)=C[C@]23CCCN2CCc2cc4c(cc2[C@H]13)OCO4. The maximum atomic E-state index is 14.1. The molecule has 0 bridgehead atoms. The van der Waals surface area contributed by atoms with E-state index in [-0.39, 0.29) is 99.3 Å². The van der Waals surface area contributed by atoms with Crippen molar-refractivity contribution < 1.29 is 144 Å². The number of pyridine rings is 1. The first kappa shape index (κ1) is 101. The van der Waals surface area contributed by atoms with Crippen LogP contribution >= 0.6 is 22.9 Å². The number of halogens is 1. The lowest BCUT2D eigenvalue weighted by molar-refractivity contribution is -0.179. The summed E-state index contributed by atoms with van der Waals surface area (Å²) in [5, 5.41) is 35.4. The number of benzene rings is 3. The second-order valence-corrected chi connectivity index (χ2v) is 41.4. The van der Waals surface area contributed by atoms with E-state index in [1.54, 1.807) is 74.3 Å². The number of carbonyl (C=O) groups excluding carboxylic acids is 9. The highest BCUT2D eigenvalue weighted by Gasteiger charge is 2.64. The molecular weight excluding hydrogens is 1840 g/mol. The van der Waals surface area contributed by atoms with Crippen LogP contribution in [0.15, 0.2) is 95.7 Å². The van der Waals surface area contributed by atoms with Crippen LogP contribution in [-0.2, 0) is 110 Å². The van der Waals surface area contributed by atoms with Crippen LogP contribution in [0.2, 0.25) is 5.15 Å². The summed E-state index contributed by atoms with van der Waals surface area (Å²) >= 11 is 7.27. The summed E-state index contributed by atoms with van der Waals surface area (Å²) in [5.41, 5.74) is -2.19. The first-order chi connectivity index (χ1) is 66.3. The lowest BCUT2D eigenvalue weighted by Gasteiger charge is -2.39. The Hall–Kier alpha value is -10.9. The van der Waals surface area contributed by atoms with Crippen molar-refractivity contribution in [3.63, 3.8) is 0 Å². The van der Waals surface area contributed by atoms with Gasteiger partial charge >= 0.3 is 53.7 Å². The number of aromatic nitrogens is 2. The zero-order valence-corrected chi connectivity index (χ0v) is 82.6. The Labute approximate surface area is 816 Å². The van der Waals surface area contributed by atoms with E-state index >= 15 is 0 Å². The number of aryl methyl sites for hydroxylation is 1. The van der Waals surface area contributed by atoms with E-state index in [9.17, 15) is 58.5 Å². The zero-order chi connectivity index (χ0) is 99.1. The van der Waals surface area contributed by atoms with Crippen LogP contribution in [0, 0.1) is 12.8 Å². The number of nitrogens with zero attached hydrogens (tertiary/aromatic N) is 5. The topological polar surface area (TPSA) is 416 Å². The minimum atomic E-state index is -2.23. The minimum absolute atomic E-state index is 0.0222. The lowest BCUT2D eigenvalue weighted by Crippen LogP contribution is -2.49. The standard InChI is InChI=1S/C35H41ClN2O10.C34H42N2O10S.C33H43NO10/c1-33(2,48-31(40)22-8-5-13-37-30(22)36)10-6-12-35(42,19-27(39)44-4)32(41)47-29-26(43-3)18-34-11-7-14-38(34)15-9-21-16-24-25(46-20-45-24)17-23(21)28(29)34;1-20-29(47-18-35-20)30(38)46-32(2,3)9-6-11-34(40,17-26(37)42-5)31(39)45-28-25(41-4)16-33-10-7-12-36(33)13-8-21-14-23-24(44-19-43-23)15-22(21)27(28)33;1-31(2,44-29(36)20-7-8-20)10-5-12-33(38,18-26(35)40-4)30(37)43-28-25(39-3)17-32-11-6-13-34(32)14-9-21-15-23-24(42-19-41-23)16-22(21)27(28)32/h5,8,13,16-18,28-29,42H,6-7,9-12,14-15,19-20H2,1-4H3;14-16,18,27-28,40H,6-13,17,19H2,1-5H3;15-17,20,27-28,38H,5-14,18-19H2,1-4H3/t28-,29-,34+,35-;27-,28-,33+,34-;27-,28-,32+,33-/m111/s1. The summed E-state index contributed by atoms with van der Waals surface area (Å²) in [7, 11) is 8.24. The Morgan fingerprint density at radius 1 is 0.460 bits per heavy atom. The normalized spacial score (nSPS) is 24.9. The van der Waals surface area contributed by atoms with E-state index in [1.807, 2.05) is 36.4 Å². The lowest BCUT2D eigenvalue weighted by atomic mass is 9.77. The van der Waals surface area contributed by atoms with Gasteiger partial charge in [-0.15, -0.1) is 11.3 Å². The Morgan fingerprint density at radius 2 is 0.799 bits per heavy atom. The Morgan fingerprint density at radius 3 is 1.12 bits per heavy atom. The van der Waals surface area contributed by atoms with Crippen LogP contribution in [0.4, 0.5) is 0 Å². The van der Waals surface area contributed by atoms with Gasteiger partial charge in [0.25, 0.3) is 0 Å². The summed E-state index contributed by atoms with van der Waals surface area (Å²) in [6, 6.07) is 15.1. The molecule has 0 amide bonds. The summed E-state index contributed by atoms with van der Waals surface area (Å²) in [6.45, 7) is 17.8. The Balaban J connectivity index is 0.000000151. The molecule has 3 saturated heterocycles. The van der Waals surface area contributed by atoms with Gasteiger partial charge in [-0.25, -0.2) is 33.9 Å². The molecule has 0 unspecified atom stereocenters. The molecule has 11 heterocycles. The maximum absolute atomic E-state index is 14.1. The zero-order valence-electron chi connectivity index (χ0n) is 81.1. The summed E-state index contributed by atoms with van der Waals surface area (Å²) in [4.78, 5) is 133. The van der Waals surface area contributed by atoms with Gasteiger partial charge in [-0.05, 0) is 297 Å². The second kappa shape index (κ2) is 40.6. The van der Waals surface area contributed by atoms with Gasteiger partial charge in [-0.2, -0.15) is 0 Å². The van der Waals surface area contributed by atoms with Gasteiger partial charge < -0.3 is 101 Å². The third-order valence-corrected chi connectivity index (χ3v) is 31.0. The molecule has 1 saturated carbocycles. The van der Waals surface area contributed by atoms with Crippen molar-refractivity contribution in [1.29, 1.82) is 0 Å². The van der Waals surface area contributed by atoms with E-state index in [1.165, 1.54) is 52.0 Å². The molecule has 18 rings (SSSR count). The van der Waals surface area contributed by atoms with E-state index in [4.69, 9.17) is 96.9 Å². The molecule has 2 aromatic heterocycles. The Kier molecular flexibility index (Phi) is 29.5. The molecule has 4 aliphatic carbocycles. The van der Waals surface area contributed by atoms with Gasteiger partial charge in [0.05, 0.1) is 119 Å². The van der Waals surface area contributed by atoms with Crippen LogP contribution in [0.25, 0.3) is 0 Å². The van der Waals surface area contributed by atoms with Crippen LogP contribution in [0.1, 0.15) is 247 Å². The number of esters is 9. The monoisotopic (exact) mass is 1970 g/mol. The molecular formula is C102H126ClN5O30S. The number of hydrogen-bond donors (Lipinski definition) is 3. The fourth-order valence-electron chi connectivity index (χ4n) is 22.6. The average Bonchev–Trinajstić information content (AvgIpc) is 1.56. The molecule has 3 N–H and O–H groups in total. The molecule has 9 aliphatic heterocycles. The van der Waals surface area contributed by atoms with Crippen molar-refractivity contribution in [2.24, 2.45) is 5.92 Å². The van der Waals surface area contributed by atoms with Crippen molar-refractivity contribution in [2.45, 2.75) is 282 Å². The molecule has 37 heteroatoms. The number of fused-ring (bicyclic) bond motifs is 9. The van der Waals surface area contributed by atoms with Crippen molar-refractivity contribution in [2.75, 3.05) is 102 Å². The third-order valence-electron chi connectivity index (χ3n) is 29.8. The first-order valence-electron chi connectivity index (χ1n) is 47.8. The Bertz CT molecular complexity index is 5630. The highest BCUT2D eigenvalue weighted by atomic mass is 35.5. The number of hydrogen-bond acceptors (Lipinski definition) is 36. The predicted molar refractivity (Wildman–Crippen MR) is 497 cm³/mol. The number of thiazole rings is 1. The van der Waals surface area contributed by atoms with E-state index in [0.717, 1.165) is 143 Å². The summed E-state index contributed by atoms with van der Waals surface area (Å²) in [6.07, 6.45) is 14.1. The summed E-state index contributed by atoms with van der Waals surface area (Å²) in [5.74, 6) is -2.04. The third kappa shape index (κ3) is 20.7. The molecule has 3 spiro atoms. The van der Waals surface area contributed by atoms with E-state index in [0.29, 0.717) is 81.6 Å². The summed E-state index contributed by atoms with van der Waals surface area (Å²) < 4.78 is 102. The number of aliphatic hydroxyl groups is 3. The van der Waals surface area contributed by atoms with Crippen molar-refractivity contribution in [3.05, 3.63) is 150 Å². The predicted octanol–water partition coefficient (Wildman–Crippen LogP) is 12.2. The van der Waals surface area contributed by atoms with E-state index < -0.39 is 136 Å². The molecule has 13 aliphatic rings. The van der Waals surface area contributed by atoms with Crippen molar-refractivity contribution in [3.8, 4) is 34.5 Å². The van der Waals surface area contributed by atoms with Crippen molar-refractivity contribution in [1.82, 2.24) is 24.7 Å². The molecule has 139 heavy (non-hydrogen) atoms. The molecule has 12 atom stereocenters. The molecule has 752 valence electrons. The number of carbonyl (C=O) groups is 9. The van der Waals surface area contributed by atoms with E-state index in [2.05, 4.69) is 42.9 Å². The van der Waals surface area contributed by atoms with Crippen LogP contribution in [0.5, 0.6) is 34.5 Å². The molecule has 5 aromatic rings. The van der Waals surface area contributed by atoms with Gasteiger partial charge in [0.15, 0.2) is 69.6 Å². The smallest absolute Gasteiger partial charge is 0.350 e. The average molecular weight is 1970 g/mol. The number of ether oxygens (including phenoxy) is 18. The van der Waals surface area contributed by atoms with Crippen molar-refractivity contribution >= 4 is 76.7 Å². The minimum Gasteiger partial charge on any atom is -0.497 e. The molecule has 35 nitrogen and oxygen atoms in total. The van der Waals surface area contributed by atoms with Crippen LogP contribution in [0.3, 0.4) is 0 Å². The largest absolute Gasteiger partial charge is 0.497 e. The fourth-order valence-corrected chi connectivity index (χ4v) is 23.4. The second-order valence-electron chi connectivity index (χ2n) is 40.1. The van der Waals surface area contributed by atoms with Crippen LogP contribution in [-0.4, -0.2) is 265 Å². The number of rotatable bonds is 33. The van der Waals surface area contributed by atoms with Crippen LogP contribution < -0.4 is 28.4 Å². The quantitative estimate of drug-likeness (QED) is 0.0199. The fraction of sp³-hybridized carbons (Fsp3) is 0.598. The van der Waals surface area contributed by atoms with Gasteiger partial charge in [-0.3, -0.25) is 33.9 Å². The van der Waals surface area contributed by atoms with Gasteiger partial charge in [-0.1, -0.05) is 11.6 Å². The highest BCUT2D eigenvalue weighted by Crippen LogP contribution is 2.61. The maximum Gasteiger partial charge on any atom is 0.350 e. The molecule has 3 aromatic carbocycles. The van der Waals surface area contributed by atoms with Gasteiger partial charge in [0.2, 0.25) is 20.4 Å². The van der Waals surface area contributed by atoms with Gasteiger partial charge in [0, 0.05) is 25.8 Å². The first-order valence-corrected chi connectivity index (χ1v) is 49.1.